The fourth-order valence-electron chi connectivity index (χ4n) is 2.54. The fourth-order valence-corrected chi connectivity index (χ4v) is 3.98. The van der Waals surface area contributed by atoms with Gasteiger partial charge in [-0.3, -0.25) is 4.79 Å². The number of methoxy groups -OCH3 is 1. The molecule has 0 bridgehead atoms. The average Bonchev–Trinajstić information content (AvgIpc) is 2.50. The van der Waals surface area contributed by atoms with Crippen molar-refractivity contribution >= 4 is 17.5 Å². The van der Waals surface area contributed by atoms with Crippen LogP contribution in [0.1, 0.15) is 27.6 Å². The molecule has 114 valence electrons. The number of carbonyl (C=O) groups is 1. The summed E-state index contributed by atoms with van der Waals surface area (Å²) < 4.78 is 5.26. The van der Waals surface area contributed by atoms with Crippen LogP contribution in [0.2, 0.25) is 0 Å². The second-order valence-corrected chi connectivity index (χ2v) is 6.15. The summed E-state index contributed by atoms with van der Waals surface area (Å²) in [5, 5.41) is 29.2. The number of para-hydroxylation sites is 1. The van der Waals surface area contributed by atoms with Crippen molar-refractivity contribution in [2.45, 2.75) is 16.6 Å². The Morgan fingerprint density at radius 3 is 2.64 bits per heavy atom. The van der Waals surface area contributed by atoms with Gasteiger partial charge in [-0.2, -0.15) is 0 Å². The van der Waals surface area contributed by atoms with E-state index < -0.39 is 0 Å². The van der Waals surface area contributed by atoms with Gasteiger partial charge in [0.1, 0.15) is 11.5 Å². The average molecular weight is 318 g/mol. The number of ketones is 1. The number of Topliss-reactive ketones (excluding diaryl/α,β-unsaturated/α-hetero) is 1. The lowest BCUT2D eigenvalue weighted by Gasteiger charge is -2.26. The first-order valence-electron chi connectivity index (χ1n) is 6.63. The van der Waals surface area contributed by atoms with E-state index in [0.29, 0.717) is 16.2 Å². The number of thioether (sulfide) groups is 1. The van der Waals surface area contributed by atoms with E-state index in [0.717, 1.165) is 0 Å². The van der Waals surface area contributed by atoms with Crippen LogP contribution in [0.4, 0.5) is 0 Å². The van der Waals surface area contributed by atoms with E-state index in [4.69, 9.17) is 4.74 Å². The maximum absolute atomic E-state index is 12.4. The zero-order chi connectivity index (χ0) is 15.9. The molecular weight excluding hydrogens is 304 g/mol. The lowest BCUT2D eigenvalue weighted by molar-refractivity contribution is 0.0972. The molecule has 2 aromatic carbocycles. The van der Waals surface area contributed by atoms with Gasteiger partial charge >= 0.3 is 0 Å². The van der Waals surface area contributed by atoms with Gasteiger partial charge in [-0.1, -0.05) is 12.1 Å². The van der Waals surface area contributed by atoms with Gasteiger partial charge in [0, 0.05) is 17.2 Å². The number of phenolic OH excluding ortho intramolecular Hbond substituents is 3. The molecule has 0 saturated heterocycles. The van der Waals surface area contributed by atoms with E-state index in [-0.39, 0.29) is 40.3 Å². The Bertz CT molecular complexity index is 756. The van der Waals surface area contributed by atoms with E-state index in [1.54, 1.807) is 18.2 Å². The topological polar surface area (TPSA) is 87.0 Å². The number of fused-ring (bicyclic) bond motifs is 1. The lowest BCUT2D eigenvalue weighted by atomic mass is 9.99. The molecule has 0 aliphatic carbocycles. The molecule has 3 rings (SSSR count). The number of aromatic hydroxyl groups is 3. The maximum Gasteiger partial charge on any atom is 0.169 e. The molecular formula is C16H14O5S. The van der Waals surface area contributed by atoms with Crippen molar-refractivity contribution in [1.82, 2.24) is 0 Å². The van der Waals surface area contributed by atoms with Gasteiger partial charge in [0.15, 0.2) is 17.3 Å². The molecule has 0 amide bonds. The molecule has 0 fully saturated rings. The molecule has 6 heteroatoms. The quantitative estimate of drug-likeness (QED) is 0.737. The van der Waals surface area contributed by atoms with Crippen LogP contribution in [0.25, 0.3) is 0 Å². The van der Waals surface area contributed by atoms with Gasteiger partial charge in [-0.05, 0) is 18.2 Å². The Kier molecular flexibility index (Phi) is 3.62. The second-order valence-electron chi connectivity index (χ2n) is 4.94. The van der Waals surface area contributed by atoms with Crippen molar-refractivity contribution in [3.8, 4) is 23.0 Å². The molecule has 1 unspecified atom stereocenters. The Hall–Kier alpha value is -2.34. The van der Waals surface area contributed by atoms with E-state index in [2.05, 4.69) is 0 Å². The molecule has 1 aliphatic heterocycles. The standard InChI is InChI=1S/C16H14O5S/c1-21-12-6-5-9(17)14-11(19)7-13(22-16(12)14)8-3-2-4-10(18)15(8)20/h2-6,13,17-18,20H,7H2,1H3. The van der Waals surface area contributed by atoms with Gasteiger partial charge in [0.05, 0.1) is 17.6 Å². The summed E-state index contributed by atoms with van der Waals surface area (Å²) >= 11 is 1.33. The Morgan fingerprint density at radius 2 is 1.91 bits per heavy atom. The van der Waals surface area contributed by atoms with Gasteiger partial charge in [0.2, 0.25) is 0 Å². The molecule has 0 spiro atoms. The number of hydrogen-bond acceptors (Lipinski definition) is 6. The number of rotatable bonds is 2. The van der Waals surface area contributed by atoms with E-state index >= 15 is 0 Å². The summed E-state index contributed by atoms with van der Waals surface area (Å²) in [6.07, 6.45) is 0.120. The number of phenols is 3. The third kappa shape index (κ3) is 2.25. The number of ether oxygens (including phenoxy) is 1. The van der Waals surface area contributed by atoms with E-state index in [9.17, 15) is 20.1 Å². The van der Waals surface area contributed by atoms with Crippen LogP contribution < -0.4 is 4.74 Å². The summed E-state index contributed by atoms with van der Waals surface area (Å²) in [6.45, 7) is 0. The molecule has 0 aromatic heterocycles. The fraction of sp³-hybridized carbons (Fsp3) is 0.188. The maximum atomic E-state index is 12.4. The first-order valence-corrected chi connectivity index (χ1v) is 7.51. The van der Waals surface area contributed by atoms with Crippen LogP contribution in [0.3, 0.4) is 0 Å². The highest BCUT2D eigenvalue weighted by molar-refractivity contribution is 7.99. The number of hydrogen-bond donors (Lipinski definition) is 3. The summed E-state index contributed by atoms with van der Waals surface area (Å²) in [7, 11) is 1.49. The minimum absolute atomic E-state index is 0.0770. The largest absolute Gasteiger partial charge is 0.507 e. The summed E-state index contributed by atoms with van der Waals surface area (Å²) in [4.78, 5) is 12.9. The number of carbonyl (C=O) groups excluding carboxylic acids is 1. The molecule has 1 atom stereocenters. The highest BCUT2D eigenvalue weighted by atomic mass is 32.2. The first-order chi connectivity index (χ1) is 10.5. The van der Waals surface area contributed by atoms with Crippen molar-refractivity contribution in [3.05, 3.63) is 41.5 Å². The minimum atomic E-state index is -0.359. The molecule has 5 nitrogen and oxygen atoms in total. The summed E-state index contributed by atoms with van der Waals surface area (Å²) in [5.41, 5.74) is 0.731. The normalized spacial score (nSPS) is 17.1. The van der Waals surface area contributed by atoms with Gasteiger partial charge in [-0.15, -0.1) is 11.8 Å². The third-order valence-corrected chi connectivity index (χ3v) is 4.97. The van der Waals surface area contributed by atoms with Gasteiger partial charge in [0.25, 0.3) is 0 Å². The predicted molar refractivity (Wildman–Crippen MR) is 82.0 cm³/mol. The van der Waals surface area contributed by atoms with Crippen molar-refractivity contribution in [2.24, 2.45) is 0 Å². The van der Waals surface area contributed by atoms with Crippen molar-refractivity contribution in [1.29, 1.82) is 0 Å². The zero-order valence-electron chi connectivity index (χ0n) is 11.7. The Morgan fingerprint density at radius 1 is 1.14 bits per heavy atom. The van der Waals surface area contributed by atoms with Crippen LogP contribution in [0.15, 0.2) is 35.2 Å². The molecule has 1 aliphatic rings. The predicted octanol–water partition coefficient (Wildman–Crippen LogP) is 3.23. The lowest BCUT2D eigenvalue weighted by Crippen LogP contribution is -2.13. The van der Waals surface area contributed by atoms with E-state index in [1.165, 1.54) is 31.0 Å². The molecule has 0 radical (unpaired) electrons. The van der Waals surface area contributed by atoms with Gasteiger partial charge < -0.3 is 20.1 Å². The van der Waals surface area contributed by atoms with Crippen molar-refractivity contribution in [3.63, 3.8) is 0 Å². The Labute approximate surface area is 131 Å². The smallest absolute Gasteiger partial charge is 0.169 e. The third-order valence-electron chi connectivity index (χ3n) is 3.62. The van der Waals surface area contributed by atoms with Crippen LogP contribution in [0, 0.1) is 0 Å². The van der Waals surface area contributed by atoms with Crippen LogP contribution in [-0.2, 0) is 0 Å². The molecule has 0 saturated carbocycles. The summed E-state index contributed by atoms with van der Waals surface area (Å²) in [5.74, 6) is -0.255. The van der Waals surface area contributed by atoms with E-state index in [1.807, 2.05) is 0 Å². The SMILES string of the molecule is COc1ccc(O)c2c1SC(c1cccc(O)c1O)CC2=O. The molecule has 22 heavy (non-hydrogen) atoms. The molecule has 2 aromatic rings. The molecule has 1 heterocycles. The second kappa shape index (κ2) is 5.46. The van der Waals surface area contributed by atoms with Crippen LogP contribution in [-0.4, -0.2) is 28.2 Å². The Balaban J connectivity index is 2.09. The highest BCUT2D eigenvalue weighted by Gasteiger charge is 2.33. The minimum Gasteiger partial charge on any atom is -0.507 e. The highest BCUT2D eigenvalue weighted by Crippen LogP contribution is 2.52. The monoisotopic (exact) mass is 318 g/mol. The van der Waals surface area contributed by atoms with Crippen LogP contribution >= 0.6 is 11.8 Å². The van der Waals surface area contributed by atoms with Crippen molar-refractivity contribution < 1.29 is 24.9 Å². The summed E-state index contributed by atoms with van der Waals surface area (Å²) in [6, 6.07) is 7.70. The van der Waals surface area contributed by atoms with Crippen molar-refractivity contribution in [2.75, 3.05) is 7.11 Å². The first kappa shape index (κ1) is 14.6. The zero-order valence-corrected chi connectivity index (χ0v) is 12.6. The number of benzene rings is 2. The van der Waals surface area contributed by atoms with Crippen LogP contribution in [0.5, 0.6) is 23.0 Å². The van der Waals surface area contributed by atoms with Gasteiger partial charge in [-0.25, -0.2) is 0 Å². The molecule has 3 N–H and O–H groups in total.